The van der Waals surface area contributed by atoms with Gasteiger partial charge in [-0.2, -0.15) is 0 Å². The van der Waals surface area contributed by atoms with Gasteiger partial charge in [0.15, 0.2) is 0 Å². The number of carbonyl (C=O) groups excluding carboxylic acids is 1. The van der Waals surface area contributed by atoms with Gasteiger partial charge in [0, 0.05) is 25.7 Å². The van der Waals surface area contributed by atoms with Crippen LogP contribution in [0.5, 0.6) is 0 Å². The number of carboxylic acid groups (broad SMARTS) is 1. The molecule has 1 unspecified atom stereocenters. The minimum absolute atomic E-state index is 0.117. The Hall–Kier alpha value is -1.98. The Labute approximate surface area is 117 Å². The van der Waals surface area contributed by atoms with Gasteiger partial charge in [0.2, 0.25) is 0 Å². The van der Waals surface area contributed by atoms with E-state index in [1.54, 1.807) is 11.1 Å². The van der Waals surface area contributed by atoms with E-state index in [2.05, 4.69) is 9.97 Å². The van der Waals surface area contributed by atoms with Crippen LogP contribution in [0.1, 0.15) is 41.9 Å². The first kappa shape index (κ1) is 14.4. The minimum atomic E-state index is -0.765. The van der Waals surface area contributed by atoms with Gasteiger partial charge in [-0.1, -0.05) is 0 Å². The molecule has 1 aliphatic rings. The highest BCUT2D eigenvalue weighted by molar-refractivity contribution is 5.92. The predicted molar refractivity (Wildman–Crippen MR) is 72.3 cm³/mol. The standard InChI is InChI=1S/C14H19N3O3/c1-10-8-16-12(9-15-10)14(20)17-5-2-3-11(4-6-17)7-13(18)19/h8-9,11H,2-7H2,1H3,(H,18,19). The van der Waals surface area contributed by atoms with Crippen LogP contribution in [0.3, 0.4) is 0 Å². The van der Waals surface area contributed by atoms with Gasteiger partial charge in [0.25, 0.3) is 5.91 Å². The molecule has 2 heterocycles. The van der Waals surface area contributed by atoms with Crippen molar-refractivity contribution < 1.29 is 14.7 Å². The third kappa shape index (κ3) is 3.76. The van der Waals surface area contributed by atoms with E-state index in [-0.39, 0.29) is 18.2 Å². The number of carbonyl (C=O) groups is 2. The van der Waals surface area contributed by atoms with E-state index in [1.165, 1.54) is 6.20 Å². The number of aromatic nitrogens is 2. The van der Waals surface area contributed by atoms with E-state index in [1.807, 2.05) is 6.92 Å². The van der Waals surface area contributed by atoms with Crippen molar-refractivity contribution in [1.29, 1.82) is 0 Å². The molecule has 0 bridgehead atoms. The topological polar surface area (TPSA) is 83.4 Å². The smallest absolute Gasteiger partial charge is 0.303 e. The Bertz CT molecular complexity index is 487. The van der Waals surface area contributed by atoms with Crippen LogP contribution in [-0.4, -0.2) is 44.9 Å². The molecule has 0 saturated carbocycles. The Morgan fingerprint density at radius 1 is 1.30 bits per heavy atom. The molecule has 1 atom stereocenters. The highest BCUT2D eigenvalue weighted by Crippen LogP contribution is 2.21. The summed E-state index contributed by atoms with van der Waals surface area (Å²) in [7, 11) is 0. The summed E-state index contributed by atoms with van der Waals surface area (Å²) in [6, 6.07) is 0. The van der Waals surface area contributed by atoms with Crippen LogP contribution < -0.4 is 0 Å². The lowest BCUT2D eigenvalue weighted by Gasteiger charge is -2.19. The molecule has 1 amide bonds. The number of hydrogen-bond donors (Lipinski definition) is 1. The molecule has 0 radical (unpaired) electrons. The van der Waals surface area contributed by atoms with E-state index in [4.69, 9.17) is 5.11 Å². The number of amides is 1. The summed E-state index contributed by atoms with van der Waals surface area (Å²) in [4.78, 5) is 33.0. The van der Waals surface area contributed by atoms with E-state index in [9.17, 15) is 9.59 Å². The van der Waals surface area contributed by atoms with Crippen LogP contribution in [0.15, 0.2) is 12.4 Å². The molecule has 1 fully saturated rings. The van der Waals surface area contributed by atoms with Crippen LogP contribution in [0, 0.1) is 12.8 Å². The average molecular weight is 277 g/mol. The van der Waals surface area contributed by atoms with Gasteiger partial charge in [0.1, 0.15) is 5.69 Å². The molecule has 1 aromatic rings. The van der Waals surface area contributed by atoms with Crippen molar-refractivity contribution in [1.82, 2.24) is 14.9 Å². The van der Waals surface area contributed by atoms with E-state index in [0.29, 0.717) is 18.8 Å². The largest absolute Gasteiger partial charge is 0.481 e. The maximum absolute atomic E-state index is 12.3. The van der Waals surface area contributed by atoms with Gasteiger partial charge in [-0.05, 0) is 32.1 Å². The first-order chi connectivity index (χ1) is 9.56. The van der Waals surface area contributed by atoms with Crippen molar-refractivity contribution >= 4 is 11.9 Å². The number of aliphatic carboxylic acids is 1. The quantitative estimate of drug-likeness (QED) is 0.905. The monoisotopic (exact) mass is 277 g/mol. The second-order valence-corrected chi connectivity index (χ2v) is 5.23. The van der Waals surface area contributed by atoms with Gasteiger partial charge < -0.3 is 10.0 Å². The SMILES string of the molecule is Cc1cnc(C(=O)N2CCCC(CC(=O)O)CC2)cn1. The molecule has 2 rings (SSSR count). The van der Waals surface area contributed by atoms with Crippen LogP contribution in [0.4, 0.5) is 0 Å². The number of nitrogens with zero attached hydrogens (tertiary/aromatic N) is 3. The van der Waals surface area contributed by atoms with Crippen LogP contribution in [-0.2, 0) is 4.79 Å². The predicted octanol–water partition coefficient (Wildman–Crippen LogP) is 1.50. The van der Waals surface area contributed by atoms with Crippen molar-refractivity contribution in [2.45, 2.75) is 32.6 Å². The molecule has 20 heavy (non-hydrogen) atoms. The number of rotatable bonds is 3. The molecule has 1 aromatic heterocycles. The van der Waals surface area contributed by atoms with Crippen molar-refractivity contribution in [2.24, 2.45) is 5.92 Å². The van der Waals surface area contributed by atoms with Crippen LogP contribution >= 0.6 is 0 Å². The van der Waals surface area contributed by atoms with Gasteiger partial charge in [-0.25, -0.2) is 4.98 Å². The second-order valence-electron chi connectivity index (χ2n) is 5.23. The fourth-order valence-corrected chi connectivity index (χ4v) is 2.48. The zero-order valence-electron chi connectivity index (χ0n) is 11.6. The van der Waals surface area contributed by atoms with E-state index < -0.39 is 5.97 Å². The van der Waals surface area contributed by atoms with Crippen molar-refractivity contribution in [2.75, 3.05) is 13.1 Å². The lowest BCUT2D eigenvalue weighted by Crippen LogP contribution is -2.32. The Kier molecular flexibility index (Phi) is 4.65. The lowest BCUT2D eigenvalue weighted by atomic mass is 9.97. The summed E-state index contributed by atoms with van der Waals surface area (Å²) in [6.07, 6.45) is 5.69. The molecule has 108 valence electrons. The summed E-state index contributed by atoms with van der Waals surface area (Å²) >= 11 is 0. The van der Waals surface area contributed by atoms with Crippen molar-refractivity contribution in [3.05, 3.63) is 23.8 Å². The molecule has 1 saturated heterocycles. The number of likely N-dealkylation sites (tertiary alicyclic amines) is 1. The zero-order valence-corrected chi connectivity index (χ0v) is 11.6. The fourth-order valence-electron chi connectivity index (χ4n) is 2.48. The first-order valence-corrected chi connectivity index (χ1v) is 6.86. The summed E-state index contributed by atoms with van der Waals surface area (Å²) in [5.41, 5.74) is 1.13. The summed E-state index contributed by atoms with van der Waals surface area (Å²) in [5.74, 6) is -0.720. The number of carboxylic acids is 1. The molecule has 1 aliphatic heterocycles. The third-order valence-electron chi connectivity index (χ3n) is 3.60. The molecular formula is C14H19N3O3. The van der Waals surface area contributed by atoms with Crippen molar-refractivity contribution in [3.63, 3.8) is 0 Å². The molecule has 0 aliphatic carbocycles. The number of aryl methyl sites for hydroxylation is 1. The normalized spacial score (nSPS) is 19.4. The third-order valence-corrected chi connectivity index (χ3v) is 3.60. The van der Waals surface area contributed by atoms with Gasteiger partial charge in [0.05, 0.1) is 11.9 Å². The molecule has 0 spiro atoms. The lowest BCUT2D eigenvalue weighted by molar-refractivity contribution is -0.138. The Morgan fingerprint density at radius 3 is 2.75 bits per heavy atom. The maximum atomic E-state index is 12.3. The highest BCUT2D eigenvalue weighted by atomic mass is 16.4. The summed E-state index contributed by atoms with van der Waals surface area (Å²) < 4.78 is 0. The average Bonchev–Trinajstić information content (AvgIpc) is 2.64. The molecular weight excluding hydrogens is 258 g/mol. The van der Waals surface area contributed by atoms with Gasteiger partial charge in [-0.15, -0.1) is 0 Å². The van der Waals surface area contributed by atoms with Gasteiger partial charge in [-0.3, -0.25) is 14.6 Å². The van der Waals surface area contributed by atoms with Crippen LogP contribution in [0.2, 0.25) is 0 Å². The molecule has 0 aromatic carbocycles. The second kappa shape index (κ2) is 6.45. The Balaban J connectivity index is 1.97. The number of hydrogen-bond acceptors (Lipinski definition) is 4. The summed E-state index contributed by atoms with van der Waals surface area (Å²) in [6.45, 7) is 3.07. The van der Waals surface area contributed by atoms with E-state index >= 15 is 0 Å². The van der Waals surface area contributed by atoms with Crippen molar-refractivity contribution in [3.8, 4) is 0 Å². The molecule has 6 heteroatoms. The Morgan fingerprint density at radius 2 is 2.10 bits per heavy atom. The zero-order chi connectivity index (χ0) is 14.5. The van der Waals surface area contributed by atoms with Crippen LogP contribution in [0.25, 0.3) is 0 Å². The first-order valence-electron chi connectivity index (χ1n) is 6.86. The summed E-state index contributed by atoms with van der Waals surface area (Å²) in [5, 5.41) is 8.84. The highest BCUT2D eigenvalue weighted by Gasteiger charge is 2.23. The minimum Gasteiger partial charge on any atom is -0.481 e. The maximum Gasteiger partial charge on any atom is 0.303 e. The molecule has 1 N–H and O–H groups in total. The molecule has 6 nitrogen and oxygen atoms in total. The van der Waals surface area contributed by atoms with E-state index in [0.717, 1.165) is 25.0 Å². The van der Waals surface area contributed by atoms with Gasteiger partial charge >= 0.3 is 5.97 Å². The fraction of sp³-hybridized carbons (Fsp3) is 0.571.